The van der Waals surface area contributed by atoms with Crippen molar-refractivity contribution in [1.82, 2.24) is 9.88 Å². The highest BCUT2D eigenvalue weighted by Gasteiger charge is 2.49. The third-order valence-corrected chi connectivity index (χ3v) is 6.80. The molecule has 11 nitrogen and oxygen atoms in total. The number of cyclic esters (lactones) is 1. The molecule has 5 heterocycles. The number of rotatable bonds is 4. The van der Waals surface area contributed by atoms with Gasteiger partial charge in [0.05, 0.1) is 30.1 Å². The van der Waals surface area contributed by atoms with Gasteiger partial charge in [-0.1, -0.05) is 0 Å². The van der Waals surface area contributed by atoms with Crippen LogP contribution < -0.4 is 11.2 Å². The molecule has 1 aromatic heterocycles. The lowest BCUT2D eigenvalue weighted by atomic mass is 10.1. The van der Waals surface area contributed by atoms with Crippen LogP contribution in [0.15, 0.2) is 76.4 Å². The van der Waals surface area contributed by atoms with Crippen LogP contribution in [-0.2, 0) is 20.4 Å². The molecular formula is C25H21F3N7O4+. The van der Waals surface area contributed by atoms with E-state index >= 15 is 0 Å². The number of quaternary nitrogens is 1. The molecule has 1 amide bonds. The Hall–Kier alpha value is -4.24. The van der Waals surface area contributed by atoms with Crippen molar-refractivity contribution in [3.05, 3.63) is 83.1 Å². The lowest BCUT2D eigenvalue weighted by Gasteiger charge is -2.32. The number of hydrogen-bond donors (Lipinski definition) is 2. The van der Waals surface area contributed by atoms with Gasteiger partial charge in [-0.3, -0.25) is 19.5 Å². The highest BCUT2D eigenvalue weighted by atomic mass is 19.4. The van der Waals surface area contributed by atoms with Gasteiger partial charge in [0.25, 0.3) is 11.7 Å². The van der Waals surface area contributed by atoms with E-state index in [9.17, 15) is 22.8 Å². The Morgan fingerprint density at radius 1 is 1.21 bits per heavy atom. The van der Waals surface area contributed by atoms with Crippen molar-refractivity contribution < 1.29 is 36.8 Å². The second kappa shape index (κ2) is 9.20. The lowest BCUT2D eigenvalue weighted by molar-refractivity contribution is -0.750. The fourth-order valence-corrected chi connectivity index (χ4v) is 4.75. The number of allylic oxidation sites excluding steroid dienone is 1. The van der Waals surface area contributed by atoms with Crippen LogP contribution in [0.4, 0.5) is 19.0 Å². The smallest absolute Gasteiger partial charge is 0.416 e. The average molecular weight is 540 g/mol. The number of carbonyl (C=O) groups is 2. The molecule has 0 aliphatic carbocycles. The summed E-state index contributed by atoms with van der Waals surface area (Å²) in [6.45, 7) is 0.720. The topological polar surface area (TPSA) is 132 Å². The second-order valence-corrected chi connectivity index (χ2v) is 9.22. The highest BCUT2D eigenvalue weighted by Crippen LogP contribution is 2.35. The van der Waals surface area contributed by atoms with Gasteiger partial charge in [0, 0.05) is 18.3 Å². The minimum absolute atomic E-state index is 0.160. The van der Waals surface area contributed by atoms with Crippen molar-refractivity contribution in [2.45, 2.75) is 18.3 Å². The first-order valence-electron chi connectivity index (χ1n) is 11.8. The number of pyridine rings is 1. The number of hydrogen-bond acceptors (Lipinski definition) is 9. The molecule has 1 unspecified atom stereocenters. The second-order valence-electron chi connectivity index (χ2n) is 9.22. The summed E-state index contributed by atoms with van der Waals surface area (Å²) in [4.78, 5) is 39.3. The number of amides is 1. The fraction of sp³-hybridized carbons (Fsp3) is 0.240. The molecule has 0 saturated carbocycles. The molecular weight excluding hydrogens is 519 g/mol. The van der Waals surface area contributed by atoms with E-state index in [0.717, 1.165) is 18.3 Å². The summed E-state index contributed by atoms with van der Waals surface area (Å²) in [6, 6.07) is 7.46. The number of carbonyl (C=O) groups excluding carboxylic acids is 2. The van der Waals surface area contributed by atoms with E-state index in [1.165, 1.54) is 12.1 Å². The number of benzene rings is 1. The van der Waals surface area contributed by atoms with Crippen molar-refractivity contribution in [3.63, 3.8) is 0 Å². The molecule has 0 bridgehead atoms. The van der Waals surface area contributed by atoms with Crippen LogP contribution in [0.3, 0.4) is 0 Å². The van der Waals surface area contributed by atoms with E-state index in [1.54, 1.807) is 30.7 Å². The SMILES string of the molecule is N[N+]12C=CN=CC1=C([C@H]1CN3COC(=O)[C@H]3CO1)N=C2c1ccc(C(=O)Nc2cc(C(F)(F)F)ccn2)cc1. The van der Waals surface area contributed by atoms with Gasteiger partial charge in [-0.15, -0.1) is 4.59 Å². The Labute approximate surface area is 219 Å². The van der Waals surface area contributed by atoms with Crippen LogP contribution in [-0.4, -0.2) is 70.4 Å². The Morgan fingerprint density at radius 2 is 2.00 bits per heavy atom. The Balaban J connectivity index is 1.24. The van der Waals surface area contributed by atoms with Crippen molar-refractivity contribution >= 4 is 29.7 Å². The molecule has 4 aliphatic heterocycles. The normalized spacial score (nSPS) is 26.3. The van der Waals surface area contributed by atoms with Crippen molar-refractivity contribution in [2.24, 2.45) is 15.8 Å². The molecule has 3 N–H and O–H groups in total. The van der Waals surface area contributed by atoms with Gasteiger partial charge >= 0.3 is 12.1 Å². The number of ether oxygens (including phenoxy) is 2. The number of aromatic nitrogens is 1. The summed E-state index contributed by atoms with van der Waals surface area (Å²) in [6.07, 6.45) is 0.762. The standard InChI is InChI=1S/C25H20F3N7O4/c26-25(27,28)16-5-6-31-20(9-16)32-23(36)15-3-1-14(2-4-15)22-33-21(18-10-30-7-8-35(18,22)29)19-11-34-13-39-24(37)17(34)12-38-19/h1-10,17,19H,11-13,29H2/p+1/t17-,19-,35?/m1/s1. The first-order chi connectivity index (χ1) is 18.6. The summed E-state index contributed by atoms with van der Waals surface area (Å²) >= 11 is 0. The number of halogens is 3. The molecule has 4 aliphatic rings. The van der Waals surface area contributed by atoms with Crippen LogP contribution in [0.25, 0.3) is 0 Å². The van der Waals surface area contributed by atoms with Crippen LogP contribution in [0.5, 0.6) is 0 Å². The third-order valence-electron chi connectivity index (χ3n) is 6.80. The van der Waals surface area contributed by atoms with Crippen molar-refractivity contribution in [1.29, 1.82) is 0 Å². The molecule has 2 fully saturated rings. The minimum atomic E-state index is -4.56. The van der Waals surface area contributed by atoms with Gasteiger partial charge < -0.3 is 14.8 Å². The van der Waals surface area contributed by atoms with Crippen LogP contribution in [0.2, 0.25) is 0 Å². The number of esters is 1. The summed E-state index contributed by atoms with van der Waals surface area (Å²) in [5.74, 6) is 6.04. The zero-order valence-corrected chi connectivity index (χ0v) is 20.1. The Bertz CT molecular complexity index is 1490. The molecule has 14 heteroatoms. The molecule has 6 rings (SSSR count). The van der Waals surface area contributed by atoms with E-state index < -0.39 is 29.8 Å². The highest BCUT2D eigenvalue weighted by molar-refractivity contribution is 6.05. The van der Waals surface area contributed by atoms with E-state index in [2.05, 4.69) is 15.3 Å². The maximum Gasteiger partial charge on any atom is 0.416 e. The summed E-state index contributed by atoms with van der Waals surface area (Å²) in [7, 11) is 0. The number of nitrogens with two attached hydrogens (primary N) is 1. The van der Waals surface area contributed by atoms with E-state index in [1.807, 2.05) is 4.90 Å². The van der Waals surface area contributed by atoms with Gasteiger partial charge in [0.2, 0.25) is 5.70 Å². The minimum Gasteiger partial charge on any atom is -0.448 e. The van der Waals surface area contributed by atoms with Gasteiger partial charge in [-0.2, -0.15) is 24.0 Å². The maximum atomic E-state index is 13.0. The molecule has 2 saturated heterocycles. The number of nitrogens with one attached hydrogen (secondary N) is 1. The van der Waals surface area contributed by atoms with Gasteiger partial charge in [-0.25, -0.2) is 4.98 Å². The van der Waals surface area contributed by atoms with Crippen LogP contribution >= 0.6 is 0 Å². The molecule has 3 atom stereocenters. The monoisotopic (exact) mass is 540 g/mol. The quantitative estimate of drug-likeness (QED) is 0.345. The van der Waals surface area contributed by atoms with Crippen molar-refractivity contribution in [2.75, 3.05) is 25.2 Å². The predicted molar refractivity (Wildman–Crippen MR) is 130 cm³/mol. The van der Waals surface area contributed by atoms with Crippen molar-refractivity contribution in [3.8, 4) is 0 Å². The van der Waals surface area contributed by atoms with E-state index in [-0.39, 0.29) is 35.3 Å². The first kappa shape index (κ1) is 25.1. The van der Waals surface area contributed by atoms with E-state index in [4.69, 9.17) is 20.3 Å². The number of aliphatic imine (C=N–C) groups is 2. The van der Waals surface area contributed by atoms with Gasteiger partial charge in [-0.05, 0) is 36.4 Å². The molecule has 39 heavy (non-hydrogen) atoms. The number of anilines is 1. The van der Waals surface area contributed by atoms with Crippen LogP contribution in [0, 0.1) is 0 Å². The zero-order chi connectivity index (χ0) is 27.4. The fourth-order valence-electron chi connectivity index (χ4n) is 4.75. The first-order valence-corrected chi connectivity index (χ1v) is 11.8. The summed E-state index contributed by atoms with van der Waals surface area (Å²) in [5.41, 5.74) is 1.05. The Kier molecular flexibility index (Phi) is 5.91. The number of nitrogens with zero attached hydrogens (tertiary/aromatic N) is 5. The van der Waals surface area contributed by atoms with E-state index in [0.29, 0.717) is 29.3 Å². The lowest BCUT2D eigenvalue weighted by Crippen LogP contribution is -2.53. The Morgan fingerprint density at radius 3 is 2.77 bits per heavy atom. The zero-order valence-electron chi connectivity index (χ0n) is 20.1. The summed E-state index contributed by atoms with van der Waals surface area (Å²) < 4.78 is 49.8. The molecule has 200 valence electrons. The summed E-state index contributed by atoms with van der Waals surface area (Å²) in [5, 5.41) is 2.38. The predicted octanol–water partition coefficient (Wildman–Crippen LogP) is 2.15. The number of fused-ring (bicyclic) bond motifs is 2. The molecule has 0 radical (unpaired) electrons. The van der Waals surface area contributed by atoms with Crippen LogP contribution in [0.1, 0.15) is 21.5 Å². The maximum absolute atomic E-state index is 13.0. The number of morpholine rings is 1. The third kappa shape index (κ3) is 4.42. The molecule has 2 aromatic rings. The molecule has 1 aromatic carbocycles. The van der Waals surface area contributed by atoms with Gasteiger partial charge in [0.1, 0.15) is 36.6 Å². The average Bonchev–Trinajstić information content (AvgIpc) is 3.45. The molecule has 0 spiro atoms. The number of alkyl halides is 3. The largest absolute Gasteiger partial charge is 0.448 e. The van der Waals surface area contributed by atoms with Gasteiger partial charge in [0.15, 0.2) is 0 Å². The number of amidine groups is 1.